The summed E-state index contributed by atoms with van der Waals surface area (Å²) in [6.07, 6.45) is 0. The van der Waals surface area contributed by atoms with E-state index >= 15 is 0 Å². The van der Waals surface area contributed by atoms with Gasteiger partial charge in [0.1, 0.15) is 36.1 Å². The molecule has 0 atom stereocenters. The second-order valence-electron chi connectivity index (χ2n) is 9.08. The zero-order valence-corrected chi connectivity index (χ0v) is 21.5. The quantitative estimate of drug-likeness (QED) is 0.183. The van der Waals surface area contributed by atoms with Crippen molar-refractivity contribution in [3.8, 4) is 11.5 Å². The summed E-state index contributed by atoms with van der Waals surface area (Å²) in [5.41, 5.74) is 9.62. The molecule has 200 valence electrons. The molecule has 0 unspecified atom stereocenters. The Kier molecular flexibility index (Phi) is 7.78. The highest BCUT2D eigenvalue weighted by Crippen LogP contribution is 2.23. The predicted octanol–water partition coefficient (Wildman–Crippen LogP) is 6.29. The number of fused-ring (bicyclic) bond motifs is 2. The molecule has 5 N–H and O–H groups in total. The third-order valence-corrected chi connectivity index (χ3v) is 6.18. The molecule has 0 radical (unpaired) electrons. The Balaban J connectivity index is 0.000000161. The highest BCUT2D eigenvalue weighted by atomic mass is 16.5. The second-order valence-corrected chi connectivity index (χ2v) is 9.08. The number of carboxylic acid groups (broad SMARTS) is 1. The van der Waals surface area contributed by atoms with Crippen LogP contribution in [-0.2, 0) is 13.2 Å². The summed E-state index contributed by atoms with van der Waals surface area (Å²) in [6.45, 7) is 0.995. The molecule has 0 aliphatic heterocycles. The minimum atomic E-state index is -0.965. The van der Waals surface area contributed by atoms with Gasteiger partial charge in [0.05, 0.1) is 0 Å². The number of ether oxygens (including phenoxy) is 2. The van der Waals surface area contributed by atoms with E-state index in [1.54, 1.807) is 12.1 Å². The molecule has 6 aromatic rings. The number of hydrogen-bond donors (Lipinski definition) is 4. The maximum atomic E-state index is 11.1. The number of H-pyrrole nitrogens is 2. The molecule has 6 rings (SSSR count). The lowest BCUT2D eigenvalue weighted by Crippen LogP contribution is -2.10. The number of hydrogen-bond acceptors (Lipinski definition) is 4. The van der Waals surface area contributed by atoms with Gasteiger partial charge in [-0.05, 0) is 47.5 Å². The van der Waals surface area contributed by atoms with Crippen molar-refractivity contribution >= 4 is 33.7 Å². The van der Waals surface area contributed by atoms with Crippen LogP contribution in [-0.4, -0.2) is 27.0 Å². The van der Waals surface area contributed by atoms with Crippen molar-refractivity contribution in [2.24, 2.45) is 5.73 Å². The van der Waals surface area contributed by atoms with Crippen LogP contribution in [0.25, 0.3) is 21.8 Å². The Hall–Kier alpha value is -5.50. The molecule has 8 nitrogen and oxygen atoms in total. The number of nitrogens with two attached hydrogens (primary N) is 1. The van der Waals surface area contributed by atoms with Crippen LogP contribution in [0.1, 0.15) is 32.1 Å². The number of amides is 1. The van der Waals surface area contributed by atoms with E-state index in [0.717, 1.165) is 38.7 Å². The summed E-state index contributed by atoms with van der Waals surface area (Å²) in [4.78, 5) is 27.9. The number of carbonyl (C=O) groups is 2. The highest BCUT2D eigenvalue weighted by molar-refractivity contribution is 5.97. The second kappa shape index (κ2) is 11.9. The molecule has 0 saturated carbocycles. The molecule has 2 aromatic heterocycles. The average molecular weight is 534 g/mol. The van der Waals surface area contributed by atoms with Gasteiger partial charge < -0.3 is 30.3 Å². The summed E-state index contributed by atoms with van der Waals surface area (Å²) in [6, 6.07) is 34.3. The predicted molar refractivity (Wildman–Crippen MR) is 154 cm³/mol. The van der Waals surface area contributed by atoms with Gasteiger partial charge in [0, 0.05) is 33.9 Å². The van der Waals surface area contributed by atoms with Crippen molar-refractivity contribution in [1.29, 1.82) is 0 Å². The summed E-state index contributed by atoms with van der Waals surface area (Å²) in [5.74, 6) is 0.0280. The van der Waals surface area contributed by atoms with Gasteiger partial charge in [-0.15, -0.1) is 0 Å². The van der Waals surface area contributed by atoms with Gasteiger partial charge in [0.2, 0.25) is 0 Å². The van der Waals surface area contributed by atoms with Crippen LogP contribution in [0.4, 0.5) is 0 Å². The van der Waals surface area contributed by atoms with E-state index in [2.05, 4.69) is 9.97 Å². The van der Waals surface area contributed by atoms with Gasteiger partial charge in [-0.3, -0.25) is 4.79 Å². The molecule has 0 fully saturated rings. The third-order valence-electron chi connectivity index (χ3n) is 6.18. The molecule has 0 saturated heterocycles. The molecule has 0 spiro atoms. The summed E-state index contributed by atoms with van der Waals surface area (Å²) in [5, 5.41) is 10.7. The van der Waals surface area contributed by atoms with E-state index in [1.165, 1.54) is 0 Å². The highest BCUT2D eigenvalue weighted by Gasteiger charge is 2.08. The van der Waals surface area contributed by atoms with Crippen molar-refractivity contribution in [2.45, 2.75) is 13.2 Å². The Morgan fingerprint density at radius 2 is 1.07 bits per heavy atom. The van der Waals surface area contributed by atoms with E-state index < -0.39 is 11.9 Å². The number of rotatable bonds is 8. The lowest BCUT2D eigenvalue weighted by molar-refractivity contribution is 0.0691. The molecule has 4 aromatic carbocycles. The number of carbonyl (C=O) groups excluding carboxylic acids is 1. The number of carboxylic acids is 1. The number of aromatic amines is 2. The topological polar surface area (TPSA) is 130 Å². The Morgan fingerprint density at radius 3 is 1.52 bits per heavy atom. The zero-order chi connectivity index (χ0) is 27.9. The van der Waals surface area contributed by atoms with E-state index in [1.807, 2.05) is 97.1 Å². The van der Waals surface area contributed by atoms with E-state index in [9.17, 15) is 9.59 Å². The zero-order valence-electron chi connectivity index (χ0n) is 21.5. The summed E-state index contributed by atoms with van der Waals surface area (Å²) >= 11 is 0. The standard InChI is InChI=1S/C16H14N2O2.C16H13NO3/c17-16(19)15-8-12-6-7-13(9-14(12)18-15)20-10-11-4-2-1-3-5-11;18-16(19)15-8-12-6-7-13(9-14(12)17-15)20-10-11-4-2-1-3-5-11/h1-9,18H,10H2,(H2,17,19);1-9,17H,10H2,(H,18,19). The van der Waals surface area contributed by atoms with Gasteiger partial charge in [-0.1, -0.05) is 60.7 Å². The van der Waals surface area contributed by atoms with E-state index in [-0.39, 0.29) is 5.69 Å². The molecular formula is C32H27N3O5. The third kappa shape index (κ3) is 6.49. The molecule has 40 heavy (non-hydrogen) atoms. The first-order valence-electron chi connectivity index (χ1n) is 12.6. The number of nitrogens with one attached hydrogen (secondary N) is 2. The number of benzene rings is 4. The van der Waals surface area contributed by atoms with Crippen LogP contribution in [0.5, 0.6) is 11.5 Å². The van der Waals surface area contributed by atoms with Crippen molar-refractivity contribution in [3.05, 3.63) is 132 Å². The molecule has 0 aliphatic rings. The number of aromatic carboxylic acids is 1. The molecule has 8 heteroatoms. The van der Waals surface area contributed by atoms with Crippen LogP contribution in [0.3, 0.4) is 0 Å². The maximum Gasteiger partial charge on any atom is 0.352 e. The van der Waals surface area contributed by atoms with E-state index in [4.69, 9.17) is 20.3 Å². The molecule has 2 heterocycles. The van der Waals surface area contributed by atoms with Crippen LogP contribution >= 0.6 is 0 Å². The first-order valence-corrected chi connectivity index (χ1v) is 12.6. The number of aromatic nitrogens is 2. The van der Waals surface area contributed by atoms with E-state index in [0.29, 0.717) is 24.7 Å². The summed E-state index contributed by atoms with van der Waals surface area (Å²) < 4.78 is 11.4. The fourth-order valence-electron chi connectivity index (χ4n) is 4.12. The number of primary amides is 1. The van der Waals surface area contributed by atoms with Gasteiger partial charge in [0.15, 0.2) is 0 Å². The smallest absolute Gasteiger partial charge is 0.352 e. The normalized spacial score (nSPS) is 10.6. The van der Waals surface area contributed by atoms with Gasteiger partial charge in [-0.2, -0.15) is 0 Å². The lowest BCUT2D eigenvalue weighted by Gasteiger charge is -2.06. The largest absolute Gasteiger partial charge is 0.489 e. The first-order chi connectivity index (χ1) is 19.4. The lowest BCUT2D eigenvalue weighted by atomic mass is 10.2. The van der Waals surface area contributed by atoms with Crippen molar-refractivity contribution in [2.75, 3.05) is 0 Å². The molecule has 1 amide bonds. The minimum absolute atomic E-state index is 0.181. The van der Waals surface area contributed by atoms with Crippen LogP contribution in [0, 0.1) is 0 Å². The van der Waals surface area contributed by atoms with Crippen LogP contribution < -0.4 is 15.2 Å². The van der Waals surface area contributed by atoms with Crippen molar-refractivity contribution in [3.63, 3.8) is 0 Å². The van der Waals surface area contributed by atoms with Crippen LogP contribution in [0.15, 0.2) is 109 Å². The summed E-state index contributed by atoms with van der Waals surface area (Å²) in [7, 11) is 0. The van der Waals surface area contributed by atoms with Crippen molar-refractivity contribution in [1.82, 2.24) is 9.97 Å². The molecule has 0 bridgehead atoms. The fourth-order valence-corrected chi connectivity index (χ4v) is 4.12. The Morgan fingerprint density at radius 1 is 0.625 bits per heavy atom. The van der Waals surface area contributed by atoms with Gasteiger partial charge in [-0.25, -0.2) is 4.79 Å². The Labute approximate surface area is 230 Å². The fraction of sp³-hybridized carbons (Fsp3) is 0.0625. The minimum Gasteiger partial charge on any atom is -0.489 e. The maximum absolute atomic E-state index is 11.1. The SMILES string of the molecule is NC(=O)c1cc2ccc(OCc3ccccc3)cc2[nH]1.O=C(O)c1cc2ccc(OCc3ccccc3)cc2[nH]1. The van der Waals surface area contributed by atoms with Gasteiger partial charge in [0.25, 0.3) is 5.91 Å². The monoisotopic (exact) mass is 533 g/mol. The Bertz CT molecular complexity index is 1630. The van der Waals surface area contributed by atoms with Crippen LogP contribution in [0.2, 0.25) is 0 Å². The first kappa shape index (κ1) is 26.1. The molecular weight excluding hydrogens is 506 g/mol. The average Bonchev–Trinajstić information content (AvgIpc) is 3.61. The van der Waals surface area contributed by atoms with Gasteiger partial charge >= 0.3 is 5.97 Å². The molecule has 0 aliphatic carbocycles. The van der Waals surface area contributed by atoms with Crippen molar-refractivity contribution < 1.29 is 24.2 Å².